The monoisotopic (exact) mass is 271 g/mol. The van der Waals surface area contributed by atoms with E-state index in [1.54, 1.807) is 13.0 Å². The lowest BCUT2D eigenvalue weighted by Crippen LogP contribution is -2.34. The van der Waals surface area contributed by atoms with Gasteiger partial charge in [-0.25, -0.2) is 4.68 Å². The van der Waals surface area contributed by atoms with E-state index in [1.807, 2.05) is 37.3 Å². The second-order valence-corrected chi connectivity index (χ2v) is 4.67. The van der Waals surface area contributed by atoms with Gasteiger partial charge in [0.05, 0.1) is 11.7 Å². The molecule has 1 N–H and O–H groups in total. The van der Waals surface area contributed by atoms with Gasteiger partial charge in [0.1, 0.15) is 6.54 Å². The van der Waals surface area contributed by atoms with Crippen molar-refractivity contribution in [2.24, 2.45) is 0 Å². The highest BCUT2D eigenvalue weighted by Gasteiger charge is 2.10. The zero-order valence-corrected chi connectivity index (χ0v) is 11.5. The quantitative estimate of drug-likeness (QED) is 0.915. The normalized spacial score (nSPS) is 11.9. The highest BCUT2D eigenvalue weighted by atomic mass is 16.2. The van der Waals surface area contributed by atoms with Crippen LogP contribution in [-0.4, -0.2) is 15.7 Å². The highest BCUT2D eigenvalue weighted by Crippen LogP contribution is 2.10. The predicted octanol–water partition coefficient (Wildman–Crippen LogP) is 1.43. The first-order valence-corrected chi connectivity index (χ1v) is 6.45. The Morgan fingerprint density at radius 3 is 2.65 bits per heavy atom. The molecule has 0 saturated carbocycles. The Bertz CT molecular complexity index is 650. The fourth-order valence-electron chi connectivity index (χ4n) is 1.91. The summed E-state index contributed by atoms with van der Waals surface area (Å²) >= 11 is 0. The molecule has 1 aromatic carbocycles. The van der Waals surface area contributed by atoms with Gasteiger partial charge < -0.3 is 5.32 Å². The van der Waals surface area contributed by atoms with Gasteiger partial charge in [0.25, 0.3) is 5.56 Å². The molecule has 0 aliphatic rings. The Hall–Kier alpha value is -2.43. The minimum absolute atomic E-state index is 0.0717. The topological polar surface area (TPSA) is 64.0 Å². The maximum atomic E-state index is 11.9. The molecule has 20 heavy (non-hydrogen) atoms. The standard InChI is InChI=1S/C15H17N3O2/c1-11-8-9-15(20)18(17-11)10-14(19)16-12(2)13-6-4-3-5-7-13/h3-9,12H,10H2,1-2H3,(H,16,19). The zero-order chi connectivity index (χ0) is 14.5. The molecule has 1 atom stereocenters. The van der Waals surface area contributed by atoms with Crippen molar-refractivity contribution in [2.45, 2.75) is 26.4 Å². The van der Waals surface area contributed by atoms with Crippen LogP contribution in [0.5, 0.6) is 0 Å². The largest absolute Gasteiger partial charge is 0.348 e. The second-order valence-electron chi connectivity index (χ2n) is 4.67. The molecular formula is C15H17N3O2. The van der Waals surface area contributed by atoms with Crippen molar-refractivity contribution in [2.75, 3.05) is 0 Å². The molecule has 1 unspecified atom stereocenters. The van der Waals surface area contributed by atoms with Crippen LogP contribution >= 0.6 is 0 Å². The van der Waals surface area contributed by atoms with Gasteiger partial charge in [0.2, 0.25) is 5.91 Å². The molecule has 0 spiro atoms. The van der Waals surface area contributed by atoms with Crippen LogP contribution in [0.25, 0.3) is 0 Å². The van der Waals surface area contributed by atoms with Crippen LogP contribution in [0.1, 0.15) is 24.2 Å². The summed E-state index contributed by atoms with van der Waals surface area (Å²) in [5.41, 5.74) is 1.44. The number of hydrogen-bond acceptors (Lipinski definition) is 3. The number of benzene rings is 1. The number of hydrogen-bond donors (Lipinski definition) is 1. The summed E-state index contributed by atoms with van der Waals surface area (Å²) in [5, 5.41) is 6.89. The summed E-state index contributed by atoms with van der Waals surface area (Å²) < 4.78 is 1.17. The van der Waals surface area contributed by atoms with Gasteiger partial charge in [0.15, 0.2) is 0 Å². The summed E-state index contributed by atoms with van der Waals surface area (Å²) in [5.74, 6) is -0.235. The SMILES string of the molecule is Cc1ccc(=O)n(CC(=O)NC(C)c2ccccc2)n1. The lowest BCUT2D eigenvalue weighted by atomic mass is 10.1. The average molecular weight is 271 g/mol. The summed E-state index contributed by atoms with van der Waals surface area (Å²) in [6.07, 6.45) is 0. The summed E-state index contributed by atoms with van der Waals surface area (Å²) in [6, 6.07) is 12.6. The molecule has 1 aromatic heterocycles. The van der Waals surface area contributed by atoms with Crippen LogP contribution in [0.3, 0.4) is 0 Å². The van der Waals surface area contributed by atoms with Crippen molar-refractivity contribution in [1.82, 2.24) is 15.1 Å². The fraction of sp³-hybridized carbons (Fsp3) is 0.267. The summed E-state index contributed by atoms with van der Waals surface area (Å²) in [6.45, 7) is 3.61. The number of nitrogens with zero attached hydrogens (tertiary/aromatic N) is 2. The molecule has 1 amide bonds. The molecule has 2 aromatic rings. The van der Waals surface area contributed by atoms with Crippen molar-refractivity contribution in [3.8, 4) is 0 Å². The summed E-state index contributed by atoms with van der Waals surface area (Å²) in [4.78, 5) is 23.5. The number of aromatic nitrogens is 2. The van der Waals surface area contributed by atoms with E-state index in [9.17, 15) is 9.59 Å². The third kappa shape index (κ3) is 3.54. The minimum atomic E-state index is -0.280. The van der Waals surface area contributed by atoms with Crippen LogP contribution in [0.2, 0.25) is 0 Å². The molecule has 0 aliphatic heterocycles. The average Bonchev–Trinajstić information content (AvgIpc) is 2.43. The number of amides is 1. The second kappa shape index (κ2) is 6.14. The van der Waals surface area contributed by atoms with Crippen LogP contribution in [-0.2, 0) is 11.3 Å². The maximum Gasteiger partial charge on any atom is 0.267 e. The van der Waals surface area contributed by atoms with Gasteiger partial charge >= 0.3 is 0 Å². The minimum Gasteiger partial charge on any atom is -0.348 e. The van der Waals surface area contributed by atoms with Crippen LogP contribution in [0.15, 0.2) is 47.3 Å². The zero-order valence-electron chi connectivity index (χ0n) is 11.5. The maximum absolute atomic E-state index is 11.9. The molecule has 0 saturated heterocycles. The Morgan fingerprint density at radius 2 is 1.95 bits per heavy atom. The van der Waals surface area contributed by atoms with E-state index in [4.69, 9.17) is 0 Å². The van der Waals surface area contributed by atoms with Gasteiger partial charge in [0, 0.05) is 6.07 Å². The van der Waals surface area contributed by atoms with Crippen molar-refractivity contribution >= 4 is 5.91 Å². The van der Waals surface area contributed by atoms with E-state index < -0.39 is 0 Å². The van der Waals surface area contributed by atoms with E-state index in [0.29, 0.717) is 5.69 Å². The van der Waals surface area contributed by atoms with Crippen LogP contribution in [0, 0.1) is 6.92 Å². The van der Waals surface area contributed by atoms with Gasteiger partial charge in [-0.3, -0.25) is 9.59 Å². The first-order chi connectivity index (χ1) is 9.56. The van der Waals surface area contributed by atoms with Gasteiger partial charge in [-0.05, 0) is 25.5 Å². The summed E-state index contributed by atoms with van der Waals surface area (Å²) in [7, 11) is 0. The van der Waals surface area contributed by atoms with E-state index in [1.165, 1.54) is 10.7 Å². The molecule has 0 bridgehead atoms. The first kappa shape index (κ1) is 14.0. The van der Waals surface area contributed by atoms with Crippen molar-refractivity contribution < 1.29 is 4.79 Å². The molecular weight excluding hydrogens is 254 g/mol. The van der Waals surface area contributed by atoms with E-state index in [2.05, 4.69) is 10.4 Å². The van der Waals surface area contributed by atoms with E-state index >= 15 is 0 Å². The van der Waals surface area contributed by atoms with Gasteiger partial charge in [-0.15, -0.1) is 0 Å². The first-order valence-electron chi connectivity index (χ1n) is 6.45. The number of carbonyl (C=O) groups is 1. The molecule has 0 radical (unpaired) electrons. The Labute approximate surface area is 117 Å². The lowest BCUT2D eigenvalue weighted by molar-refractivity contribution is -0.122. The smallest absolute Gasteiger partial charge is 0.267 e. The van der Waals surface area contributed by atoms with Crippen molar-refractivity contribution in [3.63, 3.8) is 0 Å². The highest BCUT2D eigenvalue weighted by molar-refractivity contribution is 5.76. The number of aryl methyl sites for hydroxylation is 1. The van der Waals surface area contributed by atoms with E-state index in [0.717, 1.165) is 5.56 Å². The lowest BCUT2D eigenvalue weighted by Gasteiger charge is -2.14. The molecule has 5 nitrogen and oxygen atoms in total. The number of nitrogens with one attached hydrogen (secondary N) is 1. The molecule has 2 rings (SSSR count). The van der Waals surface area contributed by atoms with Crippen LogP contribution in [0.4, 0.5) is 0 Å². The predicted molar refractivity (Wildman–Crippen MR) is 76.2 cm³/mol. The van der Waals surface area contributed by atoms with Crippen molar-refractivity contribution in [1.29, 1.82) is 0 Å². The third-order valence-electron chi connectivity index (χ3n) is 2.97. The van der Waals surface area contributed by atoms with Gasteiger partial charge in [-0.2, -0.15) is 5.10 Å². The Kier molecular flexibility index (Phi) is 4.30. The van der Waals surface area contributed by atoms with Gasteiger partial charge in [-0.1, -0.05) is 30.3 Å². The molecule has 0 aliphatic carbocycles. The van der Waals surface area contributed by atoms with Crippen molar-refractivity contribution in [3.05, 3.63) is 64.1 Å². The Morgan fingerprint density at radius 1 is 1.25 bits per heavy atom. The molecule has 1 heterocycles. The Balaban J connectivity index is 2.02. The molecule has 5 heteroatoms. The van der Waals surface area contributed by atoms with E-state index in [-0.39, 0.29) is 24.1 Å². The molecule has 104 valence electrons. The fourth-order valence-corrected chi connectivity index (χ4v) is 1.91. The molecule has 0 fully saturated rings. The number of rotatable bonds is 4. The van der Waals surface area contributed by atoms with Crippen LogP contribution < -0.4 is 10.9 Å². The third-order valence-corrected chi connectivity index (χ3v) is 2.97. The number of carbonyl (C=O) groups excluding carboxylic acids is 1.